The van der Waals surface area contributed by atoms with E-state index in [4.69, 9.17) is 9.15 Å². The predicted molar refractivity (Wildman–Crippen MR) is 82.2 cm³/mol. The monoisotopic (exact) mass is 334 g/mol. The van der Waals surface area contributed by atoms with Crippen LogP contribution in [0, 0.1) is 13.8 Å². The number of ketones is 1. The van der Waals surface area contributed by atoms with E-state index in [0.717, 1.165) is 21.5 Å². The van der Waals surface area contributed by atoms with Crippen LogP contribution in [0.3, 0.4) is 0 Å². The molecule has 0 radical (unpaired) electrons. The van der Waals surface area contributed by atoms with Crippen molar-refractivity contribution in [3.05, 3.63) is 57.5 Å². The zero-order valence-corrected chi connectivity index (χ0v) is 13.2. The van der Waals surface area contributed by atoms with Crippen molar-refractivity contribution in [2.75, 3.05) is 7.11 Å². The molecule has 3 nitrogen and oxygen atoms in total. The van der Waals surface area contributed by atoms with Gasteiger partial charge in [0.05, 0.1) is 17.1 Å². The van der Waals surface area contributed by atoms with E-state index in [1.165, 1.54) is 0 Å². The van der Waals surface area contributed by atoms with E-state index < -0.39 is 0 Å². The van der Waals surface area contributed by atoms with Gasteiger partial charge in [0.25, 0.3) is 0 Å². The van der Waals surface area contributed by atoms with Crippen LogP contribution < -0.4 is 4.74 Å². The van der Waals surface area contributed by atoms with Crippen molar-refractivity contribution in [3.63, 3.8) is 0 Å². The maximum atomic E-state index is 12.1. The van der Waals surface area contributed by atoms with Crippen molar-refractivity contribution >= 4 is 27.8 Å². The van der Waals surface area contributed by atoms with Crippen LogP contribution >= 0.6 is 15.9 Å². The number of aryl methyl sites for hydroxylation is 2. The Morgan fingerprint density at radius 1 is 1.30 bits per heavy atom. The Morgan fingerprint density at radius 2 is 2.05 bits per heavy atom. The molecule has 4 heteroatoms. The van der Waals surface area contributed by atoms with Crippen LogP contribution in [0.5, 0.6) is 5.75 Å². The molecule has 0 N–H and O–H groups in total. The summed E-state index contributed by atoms with van der Waals surface area (Å²) >= 11 is 3.42. The number of halogens is 1. The van der Waals surface area contributed by atoms with Crippen molar-refractivity contribution < 1.29 is 13.9 Å². The highest BCUT2D eigenvalue weighted by molar-refractivity contribution is 9.10. The number of carbonyl (C=O) groups is 1. The van der Waals surface area contributed by atoms with E-state index in [2.05, 4.69) is 15.9 Å². The Bertz CT molecular complexity index is 668. The lowest BCUT2D eigenvalue weighted by molar-refractivity contribution is 0.104. The summed E-state index contributed by atoms with van der Waals surface area (Å²) < 4.78 is 11.4. The van der Waals surface area contributed by atoms with Crippen molar-refractivity contribution in [2.45, 2.75) is 13.8 Å². The molecular weight excluding hydrogens is 320 g/mol. The molecule has 0 saturated heterocycles. The van der Waals surface area contributed by atoms with Gasteiger partial charge < -0.3 is 9.15 Å². The third-order valence-electron chi connectivity index (χ3n) is 2.91. The van der Waals surface area contributed by atoms with E-state index in [1.807, 2.05) is 25.1 Å². The second-order valence-electron chi connectivity index (χ2n) is 4.42. The van der Waals surface area contributed by atoms with Crippen LogP contribution in [0.15, 0.2) is 39.2 Å². The molecule has 0 aliphatic rings. The highest BCUT2D eigenvalue weighted by Crippen LogP contribution is 2.26. The number of ether oxygens (including phenoxy) is 1. The molecule has 1 aromatic heterocycles. The van der Waals surface area contributed by atoms with Gasteiger partial charge in [-0.05, 0) is 59.6 Å². The molecule has 0 atom stereocenters. The summed E-state index contributed by atoms with van der Waals surface area (Å²) in [6, 6.07) is 7.39. The van der Waals surface area contributed by atoms with Crippen molar-refractivity contribution in [2.24, 2.45) is 0 Å². The Hall–Kier alpha value is -1.81. The van der Waals surface area contributed by atoms with Crippen LogP contribution in [0.1, 0.15) is 27.4 Å². The first-order chi connectivity index (χ1) is 9.51. The molecule has 1 aromatic carbocycles. The Kier molecular flexibility index (Phi) is 4.45. The first-order valence-electron chi connectivity index (χ1n) is 6.14. The summed E-state index contributed by atoms with van der Waals surface area (Å²) in [7, 11) is 1.61. The van der Waals surface area contributed by atoms with Crippen molar-refractivity contribution in [1.29, 1.82) is 0 Å². The summed E-state index contributed by atoms with van der Waals surface area (Å²) in [5.74, 6) is 2.08. The molecule has 2 aromatic rings. The van der Waals surface area contributed by atoms with Gasteiger partial charge in [-0.25, -0.2) is 0 Å². The number of allylic oxidation sites excluding steroid dienone is 1. The standard InChI is InChI=1S/C16H15BrO3/c1-10-8-13(11(2)20-10)15(18)6-4-12-5-7-16(19-3)14(17)9-12/h4-9H,1-3H3/b6-4+. The molecule has 0 bridgehead atoms. The van der Waals surface area contributed by atoms with E-state index in [1.54, 1.807) is 32.3 Å². The smallest absolute Gasteiger partial charge is 0.189 e. The first-order valence-corrected chi connectivity index (χ1v) is 6.93. The van der Waals surface area contributed by atoms with Crippen LogP contribution in [0.2, 0.25) is 0 Å². The lowest BCUT2D eigenvalue weighted by Gasteiger charge is -2.03. The second kappa shape index (κ2) is 6.09. The summed E-state index contributed by atoms with van der Waals surface area (Å²) in [6.45, 7) is 3.62. The molecule has 1 heterocycles. The Labute approximate surface area is 126 Å². The van der Waals surface area contributed by atoms with Gasteiger partial charge in [0, 0.05) is 0 Å². The summed E-state index contributed by atoms with van der Waals surface area (Å²) in [6.07, 6.45) is 3.32. The Balaban J connectivity index is 2.19. The normalized spacial score (nSPS) is 11.0. The average molecular weight is 335 g/mol. The maximum absolute atomic E-state index is 12.1. The van der Waals surface area contributed by atoms with Gasteiger partial charge in [-0.3, -0.25) is 4.79 Å². The van der Waals surface area contributed by atoms with Crippen LogP contribution in [0.4, 0.5) is 0 Å². The summed E-state index contributed by atoms with van der Waals surface area (Å²) in [4.78, 5) is 12.1. The molecule has 20 heavy (non-hydrogen) atoms. The summed E-state index contributed by atoms with van der Waals surface area (Å²) in [5, 5.41) is 0. The number of benzene rings is 1. The highest BCUT2D eigenvalue weighted by atomic mass is 79.9. The largest absolute Gasteiger partial charge is 0.496 e. The topological polar surface area (TPSA) is 39.4 Å². The fourth-order valence-electron chi connectivity index (χ4n) is 1.92. The van der Waals surface area contributed by atoms with E-state index >= 15 is 0 Å². The molecule has 0 unspecified atom stereocenters. The van der Waals surface area contributed by atoms with E-state index in [0.29, 0.717) is 11.3 Å². The number of carbonyl (C=O) groups excluding carboxylic acids is 1. The average Bonchev–Trinajstić information content (AvgIpc) is 2.75. The molecule has 0 aliphatic carbocycles. The minimum atomic E-state index is -0.0636. The molecule has 0 saturated carbocycles. The lowest BCUT2D eigenvalue weighted by Crippen LogP contribution is -1.93. The van der Waals surface area contributed by atoms with Crippen LogP contribution in [0.25, 0.3) is 6.08 Å². The Morgan fingerprint density at radius 3 is 2.60 bits per heavy atom. The quantitative estimate of drug-likeness (QED) is 0.607. The van der Waals surface area contributed by atoms with E-state index in [9.17, 15) is 4.79 Å². The van der Waals surface area contributed by atoms with Gasteiger partial charge in [0.2, 0.25) is 0 Å². The van der Waals surface area contributed by atoms with Gasteiger partial charge in [0.15, 0.2) is 5.78 Å². The third kappa shape index (κ3) is 3.20. The number of hydrogen-bond donors (Lipinski definition) is 0. The van der Waals surface area contributed by atoms with Gasteiger partial charge >= 0.3 is 0 Å². The fraction of sp³-hybridized carbons (Fsp3) is 0.188. The molecular formula is C16H15BrO3. The van der Waals surface area contributed by atoms with E-state index in [-0.39, 0.29) is 5.78 Å². The number of furan rings is 1. The highest BCUT2D eigenvalue weighted by Gasteiger charge is 2.10. The SMILES string of the molecule is COc1ccc(/C=C/C(=O)c2cc(C)oc2C)cc1Br. The molecule has 104 valence electrons. The maximum Gasteiger partial charge on any atom is 0.189 e. The minimum absolute atomic E-state index is 0.0636. The minimum Gasteiger partial charge on any atom is -0.496 e. The van der Waals surface area contributed by atoms with Crippen molar-refractivity contribution in [3.8, 4) is 5.75 Å². The van der Waals surface area contributed by atoms with Crippen molar-refractivity contribution in [1.82, 2.24) is 0 Å². The molecule has 0 amide bonds. The van der Waals surface area contributed by atoms with Gasteiger partial charge in [0.1, 0.15) is 17.3 Å². The fourth-order valence-corrected chi connectivity index (χ4v) is 2.48. The van der Waals surface area contributed by atoms with Crippen LogP contribution in [-0.2, 0) is 0 Å². The van der Waals surface area contributed by atoms with Crippen LogP contribution in [-0.4, -0.2) is 12.9 Å². The molecule has 2 rings (SSSR count). The third-order valence-corrected chi connectivity index (χ3v) is 3.53. The lowest BCUT2D eigenvalue weighted by atomic mass is 10.1. The van der Waals surface area contributed by atoms with Gasteiger partial charge in [-0.15, -0.1) is 0 Å². The van der Waals surface area contributed by atoms with Gasteiger partial charge in [-0.2, -0.15) is 0 Å². The molecule has 0 spiro atoms. The molecule has 0 aliphatic heterocycles. The first kappa shape index (κ1) is 14.6. The zero-order chi connectivity index (χ0) is 14.7. The summed E-state index contributed by atoms with van der Waals surface area (Å²) in [5.41, 5.74) is 1.52. The second-order valence-corrected chi connectivity index (χ2v) is 5.27. The predicted octanol–water partition coefficient (Wildman–Crippen LogP) is 4.56. The molecule has 0 fully saturated rings. The number of hydrogen-bond acceptors (Lipinski definition) is 3. The van der Waals surface area contributed by atoms with Gasteiger partial charge in [-0.1, -0.05) is 12.1 Å². The number of methoxy groups -OCH3 is 1. The number of rotatable bonds is 4. The zero-order valence-electron chi connectivity index (χ0n) is 11.6.